The highest BCUT2D eigenvalue weighted by Gasteiger charge is 2.13. The van der Waals surface area contributed by atoms with E-state index < -0.39 is 17.8 Å². The number of ether oxygens (including phenoxy) is 1. The minimum Gasteiger partial charge on any atom is -0.491 e. The molecule has 10 heteroatoms. The first-order valence-electron chi connectivity index (χ1n) is 7.38. The van der Waals surface area contributed by atoms with Crippen LogP contribution in [0.5, 0.6) is 5.75 Å². The Hall–Kier alpha value is -2.75. The molecule has 0 fully saturated rings. The summed E-state index contributed by atoms with van der Waals surface area (Å²) in [7, 11) is 0. The van der Waals surface area contributed by atoms with Crippen LogP contribution in [-0.4, -0.2) is 33.1 Å². The number of carbonyl (C=O) groups excluding carboxylic acids is 1. The van der Waals surface area contributed by atoms with Gasteiger partial charge in [0, 0.05) is 17.6 Å². The second-order valence-electron chi connectivity index (χ2n) is 5.51. The molecule has 0 saturated carbocycles. The standard InChI is InChI=1S/C15H17FN4O4S/c1-8(2)7-24-11-5-9(16)3-4-10(11)17-14(23)19-15-18-12(20-25-15)6-13(21)22/h3-5,8H,6-7H2,1-2H3,(H,21,22)(H2,17,18,19,20,23). The molecule has 1 aromatic carbocycles. The van der Waals surface area contributed by atoms with Gasteiger partial charge in [0.2, 0.25) is 5.13 Å². The number of nitrogens with one attached hydrogen (secondary N) is 2. The summed E-state index contributed by atoms with van der Waals surface area (Å²) < 4.78 is 22.7. The second kappa shape index (κ2) is 8.38. The zero-order valence-electron chi connectivity index (χ0n) is 13.6. The van der Waals surface area contributed by atoms with Gasteiger partial charge in [0.1, 0.15) is 18.0 Å². The number of aliphatic carboxylic acids is 1. The quantitative estimate of drug-likeness (QED) is 0.692. The van der Waals surface area contributed by atoms with Crippen molar-refractivity contribution in [2.24, 2.45) is 5.92 Å². The molecule has 134 valence electrons. The van der Waals surface area contributed by atoms with Crippen LogP contribution in [0.3, 0.4) is 0 Å². The molecule has 8 nitrogen and oxygen atoms in total. The minimum atomic E-state index is -1.06. The fourth-order valence-corrected chi connectivity index (χ4v) is 2.32. The monoisotopic (exact) mass is 368 g/mol. The number of benzene rings is 1. The molecule has 1 aromatic heterocycles. The van der Waals surface area contributed by atoms with Crippen molar-refractivity contribution in [2.45, 2.75) is 20.3 Å². The maximum Gasteiger partial charge on any atom is 0.325 e. The maximum absolute atomic E-state index is 13.4. The molecule has 0 aliphatic rings. The van der Waals surface area contributed by atoms with E-state index >= 15 is 0 Å². The van der Waals surface area contributed by atoms with Gasteiger partial charge in [0.05, 0.1) is 12.3 Å². The Morgan fingerprint density at radius 1 is 1.36 bits per heavy atom. The largest absolute Gasteiger partial charge is 0.491 e. The number of urea groups is 1. The number of nitrogens with zero attached hydrogens (tertiary/aromatic N) is 2. The molecule has 0 aliphatic carbocycles. The van der Waals surface area contributed by atoms with Gasteiger partial charge in [-0.05, 0) is 18.1 Å². The van der Waals surface area contributed by atoms with Crippen molar-refractivity contribution in [1.29, 1.82) is 0 Å². The fraction of sp³-hybridized carbons (Fsp3) is 0.333. The average Bonchev–Trinajstić information content (AvgIpc) is 2.93. The zero-order chi connectivity index (χ0) is 18.4. The van der Waals surface area contributed by atoms with Crippen LogP contribution in [0.2, 0.25) is 0 Å². The molecule has 0 saturated heterocycles. The van der Waals surface area contributed by atoms with Crippen LogP contribution in [0.1, 0.15) is 19.7 Å². The molecule has 0 atom stereocenters. The number of anilines is 2. The highest BCUT2D eigenvalue weighted by Crippen LogP contribution is 2.26. The Kier molecular flexibility index (Phi) is 6.23. The van der Waals surface area contributed by atoms with Crippen molar-refractivity contribution in [1.82, 2.24) is 9.36 Å². The van der Waals surface area contributed by atoms with Gasteiger partial charge in [-0.3, -0.25) is 10.1 Å². The number of hydrogen-bond donors (Lipinski definition) is 3. The number of carboxylic acid groups (broad SMARTS) is 1. The number of aromatic nitrogens is 2. The first-order valence-corrected chi connectivity index (χ1v) is 8.15. The normalized spacial score (nSPS) is 10.6. The fourth-order valence-electron chi connectivity index (χ4n) is 1.74. The Bertz CT molecular complexity index is 766. The van der Waals surface area contributed by atoms with Crippen molar-refractivity contribution in [3.63, 3.8) is 0 Å². The molecule has 0 spiro atoms. The molecule has 0 bridgehead atoms. The molecular formula is C15H17FN4O4S. The molecular weight excluding hydrogens is 351 g/mol. The number of rotatable bonds is 7. The summed E-state index contributed by atoms with van der Waals surface area (Å²) >= 11 is 0.864. The van der Waals surface area contributed by atoms with E-state index in [0.717, 1.165) is 11.5 Å². The Balaban J connectivity index is 2.02. The Morgan fingerprint density at radius 3 is 2.80 bits per heavy atom. The van der Waals surface area contributed by atoms with Gasteiger partial charge in [0.15, 0.2) is 5.82 Å². The summed E-state index contributed by atoms with van der Waals surface area (Å²) in [5.41, 5.74) is 0.301. The van der Waals surface area contributed by atoms with Crippen molar-refractivity contribution in [3.8, 4) is 5.75 Å². The molecule has 25 heavy (non-hydrogen) atoms. The predicted molar refractivity (Wildman–Crippen MR) is 90.6 cm³/mol. The summed E-state index contributed by atoms with van der Waals surface area (Å²) in [6.45, 7) is 4.27. The molecule has 0 aliphatic heterocycles. The lowest BCUT2D eigenvalue weighted by atomic mass is 10.2. The van der Waals surface area contributed by atoms with Crippen LogP contribution in [0, 0.1) is 11.7 Å². The van der Waals surface area contributed by atoms with Gasteiger partial charge in [-0.15, -0.1) is 0 Å². The van der Waals surface area contributed by atoms with E-state index in [1.807, 2.05) is 13.8 Å². The van der Waals surface area contributed by atoms with Gasteiger partial charge in [-0.25, -0.2) is 14.2 Å². The lowest BCUT2D eigenvalue weighted by molar-refractivity contribution is -0.136. The van der Waals surface area contributed by atoms with E-state index in [1.165, 1.54) is 18.2 Å². The summed E-state index contributed by atoms with van der Waals surface area (Å²) in [4.78, 5) is 26.5. The SMILES string of the molecule is CC(C)COc1cc(F)ccc1NC(=O)Nc1nc(CC(=O)O)ns1. The average molecular weight is 368 g/mol. The second-order valence-corrected chi connectivity index (χ2v) is 6.26. The maximum atomic E-state index is 13.4. The van der Waals surface area contributed by atoms with Gasteiger partial charge in [-0.1, -0.05) is 13.8 Å². The van der Waals surface area contributed by atoms with E-state index in [9.17, 15) is 14.0 Å². The van der Waals surface area contributed by atoms with E-state index in [4.69, 9.17) is 9.84 Å². The molecule has 3 N–H and O–H groups in total. The zero-order valence-corrected chi connectivity index (χ0v) is 14.4. The van der Waals surface area contributed by atoms with Gasteiger partial charge >= 0.3 is 12.0 Å². The number of halogens is 1. The summed E-state index contributed by atoms with van der Waals surface area (Å²) in [6, 6.07) is 3.15. The van der Waals surface area contributed by atoms with E-state index in [0.29, 0.717) is 12.3 Å². The van der Waals surface area contributed by atoms with E-state index in [-0.39, 0.29) is 29.0 Å². The van der Waals surface area contributed by atoms with Crippen LogP contribution >= 0.6 is 11.5 Å². The van der Waals surface area contributed by atoms with Gasteiger partial charge in [0.25, 0.3) is 0 Å². The lowest BCUT2D eigenvalue weighted by Gasteiger charge is -2.14. The molecule has 0 unspecified atom stereocenters. The minimum absolute atomic E-state index is 0.107. The summed E-state index contributed by atoms with van der Waals surface area (Å²) in [5, 5.41) is 13.8. The number of carbonyl (C=O) groups is 2. The Morgan fingerprint density at radius 2 is 2.12 bits per heavy atom. The van der Waals surface area contributed by atoms with Crippen LogP contribution in [0.4, 0.5) is 20.0 Å². The smallest absolute Gasteiger partial charge is 0.325 e. The Labute approximate surface area is 147 Å². The molecule has 2 rings (SSSR count). The molecule has 2 aromatic rings. The van der Waals surface area contributed by atoms with E-state index in [1.54, 1.807) is 0 Å². The first-order chi connectivity index (χ1) is 11.8. The number of amides is 2. The number of carboxylic acids is 1. The summed E-state index contributed by atoms with van der Waals surface area (Å²) in [6.07, 6.45) is -0.328. The molecule has 1 heterocycles. The summed E-state index contributed by atoms with van der Waals surface area (Å²) in [5.74, 6) is -0.985. The predicted octanol–water partition coefficient (Wildman–Crippen LogP) is 2.98. The topological polar surface area (TPSA) is 113 Å². The van der Waals surface area contributed by atoms with Crippen LogP contribution < -0.4 is 15.4 Å². The first kappa shape index (κ1) is 18.6. The van der Waals surface area contributed by atoms with Crippen LogP contribution in [0.25, 0.3) is 0 Å². The third kappa shape index (κ3) is 5.99. The van der Waals surface area contributed by atoms with Gasteiger partial charge < -0.3 is 15.2 Å². The third-order valence-corrected chi connectivity index (χ3v) is 3.43. The van der Waals surface area contributed by atoms with Crippen LogP contribution in [0.15, 0.2) is 18.2 Å². The number of hydrogen-bond acceptors (Lipinski definition) is 6. The molecule has 2 amide bonds. The highest BCUT2D eigenvalue weighted by atomic mass is 32.1. The van der Waals surface area contributed by atoms with Gasteiger partial charge in [-0.2, -0.15) is 4.37 Å². The van der Waals surface area contributed by atoms with Crippen molar-refractivity contribution >= 4 is 34.4 Å². The van der Waals surface area contributed by atoms with Crippen molar-refractivity contribution in [3.05, 3.63) is 29.8 Å². The van der Waals surface area contributed by atoms with E-state index in [2.05, 4.69) is 20.0 Å². The highest BCUT2D eigenvalue weighted by molar-refractivity contribution is 7.09. The van der Waals surface area contributed by atoms with Crippen molar-refractivity contribution in [2.75, 3.05) is 17.2 Å². The van der Waals surface area contributed by atoms with Crippen molar-refractivity contribution < 1.29 is 23.8 Å². The molecule has 0 radical (unpaired) electrons. The third-order valence-electron chi connectivity index (χ3n) is 2.76. The van der Waals surface area contributed by atoms with Crippen LogP contribution in [-0.2, 0) is 11.2 Å². The lowest BCUT2D eigenvalue weighted by Crippen LogP contribution is -2.20.